The summed E-state index contributed by atoms with van der Waals surface area (Å²) in [6.07, 6.45) is -0.288. The normalized spacial score (nSPS) is 14.7. The summed E-state index contributed by atoms with van der Waals surface area (Å²) in [7, 11) is 0. The highest BCUT2D eigenvalue weighted by atomic mass is 79.9. The van der Waals surface area contributed by atoms with Gasteiger partial charge in [-0.15, -0.1) is 11.3 Å². The quantitative estimate of drug-likeness (QED) is 0.698. The Labute approximate surface area is 183 Å². The second kappa shape index (κ2) is 8.71. The number of thiazole rings is 1. The summed E-state index contributed by atoms with van der Waals surface area (Å²) < 4.78 is 6.13. The van der Waals surface area contributed by atoms with Gasteiger partial charge in [-0.25, -0.2) is 9.78 Å². The number of ether oxygens (including phenoxy) is 1. The molecule has 1 N–H and O–H groups in total. The molecule has 0 aliphatic carbocycles. The molecule has 0 spiro atoms. The SMILES string of the molecule is Cc1ccc(N2CCN(C(=O)OC(C)(C)C)CC2)c(NC(=O)c2csc(Br)n2)c1. The van der Waals surface area contributed by atoms with Crippen molar-refractivity contribution in [2.45, 2.75) is 33.3 Å². The van der Waals surface area contributed by atoms with Gasteiger partial charge in [-0.1, -0.05) is 6.07 Å². The van der Waals surface area contributed by atoms with E-state index in [0.717, 1.165) is 16.9 Å². The summed E-state index contributed by atoms with van der Waals surface area (Å²) in [5.74, 6) is -0.244. The van der Waals surface area contributed by atoms with Crippen LogP contribution in [0.2, 0.25) is 0 Å². The van der Waals surface area contributed by atoms with Crippen molar-refractivity contribution in [2.75, 3.05) is 36.4 Å². The Hall–Kier alpha value is -2.13. The van der Waals surface area contributed by atoms with Gasteiger partial charge in [0.15, 0.2) is 3.92 Å². The van der Waals surface area contributed by atoms with Crippen LogP contribution in [0.1, 0.15) is 36.8 Å². The lowest BCUT2D eigenvalue weighted by Gasteiger charge is -2.37. The van der Waals surface area contributed by atoms with Crippen LogP contribution in [0.25, 0.3) is 0 Å². The van der Waals surface area contributed by atoms with Crippen LogP contribution in [0.3, 0.4) is 0 Å². The van der Waals surface area contributed by atoms with Gasteiger partial charge in [-0.3, -0.25) is 4.79 Å². The molecule has 0 saturated carbocycles. The molecule has 0 atom stereocenters. The van der Waals surface area contributed by atoms with Crippen molar-refractivity contribution in [3.05, 3.63) is 38.8 Å². The van der Waals surface area contributed by atoms with Crippen LogP contribution >= 0.6 is 27.3 Å². The molecule has 0 radical (unpaired) electrons. The van der Waals surface area contributed by atoms with E-state index in [0.29, 0.717) is 35.8 Å². The van der Waals surface area contributed by atoms with Gasteiger partial charge in [-0.05, 0) is 61.3 Å². The van der Waals surface area contributed by atoms with E-state index in [-0.39, 0.29) is 12.0 Å². The van der Waals surface area contributed by atoms with Crippen LogP contribution in [0.5, 0.6) is 0 Å². The molecule has 9 heteroatoms. The van der Waals surface area contributed by atoms with Crippen molar-refractivity contribution in [1.82, 2.24) is 9.88 Å². The van der Waals surface area contributed by atoms with E-state index in [9.17, 15) is 9.59 Å². The van der Waals surface area contributed by atoms with Crippen molar-refractivity contribution in [3.8, 4) is 0 Å². The number of carbonyl (C=O) groups excluding carboxylic acids is 2. The first-order valence-corrected chi connectivity index (χ1v) is 11.1. The van der Waals surface area contributed by atoms with Crippen molar-refractivity contribution in [1.29, 1.82) is 0 Å². The van der Waals surface area contributed by atoms with Gasteiger partial charge in [0.1, 0.15) is 11.3 Å². The molecular formula is C20H25BrN4O3S. The molecule has 3 rings (SSSR count). The highest BCUT2D eigenvalue weighted by molar-refractivity contribution is 9.11. The molecule has 1 aromatic carbocycles. The molecule has 1 aliphatic heterocycles. The third-order valence-electron chi connectivity index (χ3n) is 4.38. The Bertz CT molecular complexity index is 901. The number of anilines is 2. The second-order valence-corrected chi connectivity index (χ2v) is 10.0. The van der Waals surface area contributed by atoms with E-state index in [1.165, 1.54) is 11.3 Å². The molecule has 7 nitrogen and oxygen atoms in total. The number of aryl methyl sites for hydroxylation is 1. The zero-order chi connectivity index (χ0) is 21.2. The van der Waals surface area contributed by atoms with Crippen molar-refractivity contribution in [3.63, 3.8) is 0 Å². The molecular weight excluding hydrogens is 456 g/mol. The van der Waals surface area contributed by atoms with E-state index in [1.807, 2.05) is 45.9 Å². The fourth-order valence-electron chi connectivity index (χ4n) is 3.02. The fourth-order valence-corrected chi connectivity index (χ4v) is 4.02. The largest absolute Gasteiger partial charge is 0.444 e. The lowest BCUT2D eigenvalue weighted by Crippen LogP contribution is -2.50. The summed E-state index contributed by atoms with van der Waals surface area (Å²) in [5.41, 5.74) is 2.60. The van der Waals surface area contributed by atoms with Gasteiger partial charge in [0.25, 0.3) is 5.91 Å². The molecule has 2 heterocycles. The van der Waals surface area contributed by atoms with Crippen molar-refractivity contribution in [2.24, 2.45) is 0 Å². The molecule has 0 unspecified atom stereocenters. The zero-order valence-corrected chi connectivity index (χ0v) is 19.4. The van der Waals surface area contributed by atoms with Gasteiger partial charge in [0.2, 0.25) is 0 Å². The predicted octanol–water partition coefficient (Wildman–Crippen LogP) is 4.52. The summed E-state index contributed by atoms with van der Waals surface area (Å²) in [6, 6.07) is 5.98. The lowest BCUT2D eigenvalue weighted by molar-refractivity contribution is 0.0240. The number of hydrogen-bond donors (Lipinski definition) is 1. The zero-order valence-electron chi connectivity index (χ0n) is 17.0. The highest BCUT2D eigenvalue weighted by Crippen LogP contribution is 2.29. The molecule has 29 heavy (non-hydrogen) atoms. The van der Waals surface area contributed by atoms with Gasteiger partial charge in [-0.2, -0.15) is 0 Å². The first-order chi connectivity index (χ1) is 13.6. The van der Waals surface area contributed by atoms with Gasteiger partial charge in [0.05, 0.1) is 11.4 Å². The average Bonchev–Trinajstić information content (AvgIpc) is 3.07. The molecule has 2 aromatic rings. The van der Waals surface area contributed by atoms with Crippen LogP contribution in [0, 0.1) is 6.92 Å². The fraction of sp³-hybridized carbons (Fsp3) is 0.450. The van der Waals surface area contributed by atoms with Crippen molar-refractivity contribution >= 4 is 50.6 Å². The Balaban J connectivity index is 1.70. The summed E-state index contributed by atoms with van der Waals surface area (Å²) in [6.45, 7) is 10.0. The number of amides is 2. The van der Waals surface area contributed by atoms with Crippen LogP contribution in [0.4, 0.5) is 16.2 Å². The number of rotatable bonds is 3. The minimum absolute atomic E-state index is 0.244. The predicted molar refractivity (Wildman–Crippen MR) is 119 cm³/mol. The number of nitrogens with one attached hydrogen (secondary N) is 1. The van der Waals surface area contributed by atoms with Gasteiger partial charge in [0, 0.05) is 31.6 Å². The van der Waals surface area contributed by atoms with E-state index >= 15 is 0 Å². The standard InChI is InChI=1S/C20H25BrN4O3S/c1-13-5-6-16(14(11-13)22-17(26)15-12-29-18(21)23-15)24-7-9-25(10-8-24)19(27)28-20(2,3)4/h5-6,11-12H,7-10H2,1-4H3,(H,22,26). The number of aromatic nitrogens is 1. The Morgan fingerprint density at radius 2 is 1.90 bits per heavy atom. The molecule has 0 bridgehead atoms. The van der Waals surface area contributed by atoms with E-state index in [2.05, 4.69) is 31.1 Å². The first kappa shape index (κ1) is 21.6. The molecule has 2 amide bonds. The number of benzene rings is 1. The third kappa shape index (κ3) is 5.70. The number of nitrogens with zero attached hydrogens (tertiary/aromatic N) is 3. The molecule has 156 valence electrons. The third-order valence-corrected chi connectivity index (χ3v) is 5.75. The maximum Gasteiger partial charge on any atom is 0.410 e. The number of piperazine rings is 1. The van der Waals surface area contributed by atoms with E-state index in [4.69, 9.17) is 4.74 Å². The average molecular weight is 481 g/mol. The molecule has 1 aliphatic rings. The maximum atomic E-state index is 12.6. The maximum absolute atomic E-state index is 12.6. The second-order valence-electron chi connectivity index (χ2n) is 7.91. The van der Waals surface area contributed by atoms with Crippen LogP contribution in [0.15, 0.2) is 27.5 Å². The smallest absolute Gasteiger partial charge is 0.410 e. The minimum atomic E-state index is -0.507. The minimum Gasteiger partial charge on any atom is -0.444 e. The molecule has 1 saturated heterocycles. The Morgan fingerprint density at radius 3 is 2.48 bits per heavy atom. The number of hydrogen-bond acceptors (Lipinski definition) is 6. The molecule has 1 aromatic heterocycles. The topological polar surface area (TPSA) is 74.8 Å². The number of halogens is 1. The van der Waals surface area contributed by atoms with E-state index < -0.39 is 5.60 Å². The van der Waals surface area contributed by atoms with Gasteiger partial charge < -0.3 is 19.9 Å². The first-order valence-electron chi connectivity index (χ1n) is 9.38. The van der Waals surface area contributed by atoms with Crippen molar-refractivity contribution < 1.29 is 14.3 Å². The Kier molecular flexibility index (Phi) is 6.48. The lowest BCUT2D eigenvalue weighted by atomic mass is 10.1. The molecule has 1 fully saturated rings. The monoisotopic (exact) mass is 480 g/mol. The van der Waals surface area contributed by atoms with Crippen LogP contribution in [-0.2, 0) is 4.74 Å². The highest BCUT2D eigenvalue weighted by Gasteiger charge is 2.27. The van der Waals surface area contributed by atoms with Crippen LogP contribution < -0.4 is 10.2 Å². The summed E-state index contributed by atoms with van der Waals surface area (Å²) in [5, 5.41) is 4.70. The summed E-state index contributed by atoms with van der Waals surface area (Å²) >= 11 is 4.66. The van der Waals surface area contributed by atoms with Crippen LogP contribution in [-0.4, -0.2) is 53.7 Å². The summed E-state index contributed by atoms with van der Waals surface area (Å²) in [4.78, 5) is 32.9. The Morgan fingerprint density at radius 1 is 1.21 bits per heavy atom. The van der Waals surface area contributed by atoms with E-state index in [1.54, 1.807) is 10.3 Å². The number of carbonyl (C=O) groups is 2. The van der Waals surface area contributed by atoms with Gasteiger partial charge >= 0.3 is 6.09 Å².